The molecule has 0 bridgehead atoms. The highest BCUT2D eigenvalue weighted by Crippen LogP contribution is 2.30. The van der Waals surface area contributed by atoms with Gasteiger partial charge in [0.2, 0.25) is 5.91 Å². The van der Waals surface area contributed by atoms with Crippen LogP contribution in [0.5, 0.6) is 0 Å². The quantitative estimate of drug-likeness (QED) is 0.405. The molecule has 1 aliphatic carbocycles. The predicted molar refractivity (Wildman–Crippen MR) is 122 cm³/mol. The lowest BCUT2D eigenvalue weighted by Gasteiger charge is -2.06. The lowest BCUT2D eigenvalue weighted by molar-refractivity contribution is -0.115. The van der Waals surface area contributed by atoms with Crippen LogP contribution in [0.1, 0.15) is 23.1 Å². The maximum Gasteiger partial charge on any atom is 0.228 e. The lowest BCUT2D eigenvalue weighted by atomic mass is 10.0. The summed E-state index contributed by atoms with van der Waals surface area (Å²) in [6, 6.07) is 20.0. The number of furan rings is 1. The number of H-pyrrole nitrogens is 1. The van der Waals surface area contributed by atoms with Crippen molar-refractivity contribution < 1.29 is 9.21 Å². The zero-order valence-electron chi connectivity index (χ0n) is 16.9. The number of nitrogens with one attached hydrogen (secondary N) is 2. The van der Waals surface area contributed by atoms with Crippen LogP contribution in [-0.4, -0.2) is 15.9 Å². The minimum atomic E-state index is -0.0558. The van der Waals surface area contributed by atoms with Gasteiger partial charge >= 0.3 is 0 Å². The van der Waals surface area contributed by atoms with E-state index in [9.17, 15) is 4.79 Å². The summed E-state index contributed by atoms with van der Waals surface area (Å²) in [5.41, 5.74) is 8.25. The minimum Gasteiger partial charge on any atom is -0.464 e. The summed E-state index contributed by atoms with van der Waals surface area (Å²) in [4.78, 5) is 20.6. The molecule has 5 nitrogen and oxygen atoms in total. The Balaban J connectivity index is 1.18. The number of hydrogen-bond acceptors (Lipinski definition) is 3. The first-order valence-corrected chi connectivity index (χ1v) is 10.6. The molecule has 5 heteroatoms. The van der Waals surface area contributed by atoms with E-state index < -0.39 is 0 Å². The van der Waals surface area contributed by atoms with Crippen molar-refractivity contribution in [3.05, 3.63) is 83.6 Å². The number of aromatic nitrogens is 2. The summed E-state index contributed by atoms with van der Waals surface area (Å²) in [6.45, 7) is 0. The predicted octanol–water partition coefficient (Wildman–Crippen LogP) is 5.65. The summed E-state index contributed by atoms with van der Waals surface area (Å²) in [5.74, 6) is 0.760. The Morgan fingerprint density at radius 2 is 1.84 bits per heavy atom. The van der Waals surface area contributed by atoms with Crippen molar-refractivity contribution >= 4 is 33.6 Å². The number of para-hydroxylation sites is 2. The van der Waals surface area contributed by atoms with Crippen LogP contribution >= 0.6 is 0 Å². The van der Waals surface area contributed by atoms with Crippen LogP contribution in [0.25, 0.3) is 33.4 Å². The zero-order valence-corrected chi connectivity index (χ0v) is 16.9. The van der Waals surface area contributed by atoms with E-state index in [-0.39, 0.29) is 12.3 Å². The maximum absolute atomic E-state index is 12.7. The van der Waals surface area contributed by atoms with E-state index in [0.29, 0.717) is 0 Å². The van der Waals surface area contributed by atoms with Crippen LogP contribution in [0.3, 0.4) is 0 Å². The number of nitrogens with zero attached hydrogens (tertiary/aromatic N) is 1. The number of carbonyl (C=O) groups is 1. The largest absolute Gasteiger partial charge is 0.464 e. The molecular formula is C26H21N3O2. The first-order valence-electron chi connectivity index (χ1n) is 10.6. The average Bonchev–Trinajstić information content (AvgIpc) is 3.51. The van der Waals surface area contributed by atoms with Gasteiger partial charge in [-0.2, -0.15) is 0 Å². The van der Waals surface area contributed by atoms with E-state index in [4.69, 9.17) is 4.42 Å². The van der Waals surface area contributed by atoms with Gasteiger partial charge in [0.15, 0.2) is 0 Å². The fourth-order valence-electron chi connectivity index (χ4n) is 4.46. The van der Waals surface area contributed by atoms with Gasteiger partial charge in [0.05, 0.1) is 23.7 Å². The molecule has 2 aromatic heterocycles. The summed E-state index contributed by atoms with van der Waals surface area (Å²) in [6.07, 6.45) is 5.43. The van der Waals surface area contributed by atoms with Crippen LogP contribution in [0, 0.1) is 0 Å². The fourth-order valence-corrected chi connectivity index (χ4v) is 4.46. The number of aromatic amines is 1. The van der Waals surface area contributed by atoms with Crippen LogP contribution in [0.15, 0.2) is 71.3 Å². The number of benzene rings is 3. The molecule has 2 N–H and O–H groups in total. The Morgan fingerprint density at radius 1 is 1.03 bits per heavy atom. The molecule has 3 aromatic carbocycles. The third-order valence-electron chi connectivity index (χ3n) is 6.05. The smallest absolute Gasteiger partial charge is 0.228 e. The molecule has 0 fully saturated rings. The van der Waals surface area contributed by atoms with Crippen molar-refractivity contribution in [2.75, 3.05) is 5.32 Å². The Bertz CT molecular complexity index is 1390. The molecule has 31 heavy (non-hydrogen) atoms. The second-order valence-electron chi connectivity index (χ2n) is 8.14. The van der Waals surface area contributed by atoms with Crippen LogP contribution in [0.2, 0.25) is 0 Å². The number of anilines is 1. The van der Waals surface area contributed by atoms with Crippen molar-refractivity contribution in [2.24, 2.45) is 0 Å². The number of amides is 1. The third kappa shape index (κ3) is 3.28. The Morgan fingerprint density at radius 3 is 2.68 bits per heavy atom. The number of imidazole rings is 1. The Kier molecular flexibility index (Phi) is 4.13. The van der Waals surface area contributed by atoms with Crippen molar-refractivity contribution in [1.29, 1.82) is 0 Å². The second-order valence-corrected chi connectivity index (χ2v) is 8.14. The highest BCUT2D eigenvalue weighted by molar-refractivity contribution is 5.95. The molecule has 2 heterocycles. The first kappa shape index (κ1) is 18.0. The van der Waals surface area contributed by atoms with E-state index in [1.165, 1.54) is 17.5 Å². The SMILES string of the molecule is O=C(Cc1coc2cc3c(cc12)CCC3)Nc1ccc(-c2nc3ccccc3[nH]2)cc1. The first-order chi connectivity index (χ1) is 15.2. The minimum absolute atomic E-state index is 0.0558. The average molecular weight is 407 g/mol. The molecule has 0 unspecified atom stereocenters. The summed E-state index contributed by atoms with van der Waals surface area (Å²) < 4.78 is 5.72. The number of aryl methyl sites for hydroxylation is 2. The molecule has 0 saturated carbocycles. The van der Waals surface area contributed by atoms with Gasteiger partial charge in [-0.1, -0.05) is 12.1 Å². The fraction of sp³-hybridized carbons (Fsp3) is 0.154. The zero-order chi connectivity index (χ0) is 20.8. The van der Waals surface area contributed by atoms with Gasteiger partial charge in [0, 0.05) is 22.2 Å². The summed E-state index contributed by atoms with van der Waals surface area (Å²) >= 11 is 0. The van der Waals surface area contributed by atoms with E-state index in [1.54, 1.807) is 6.26 Å². The summed E-state index contributed by atoms with van der Waals surface area (Å²) in [7, 11) is 0. The van der Waals surface area contributed by atoms with Gasteiger partial charge < -0.3 is 14.7 Å². The van der Waals surface area contributed by atoms with E-state index in [2.05, 4.69) is 27.4 Å². The van der Waals surface area contributed by atoms with Gasteiger partial charge in [-0.25, -0.2) is 4.98 Å². The molecule has 5 aromatic rings. The molecule has 1 amide bonds. The standard InChI is InChI=1S/C26H21N3O2/c30-25(14-19-15-31-24-13-18-5-3-4-17(18)12-21(19)24)27-20-10-8-16(9-11-20)26-28-22-6-1-2-7-23(22)29-26/h1-2,6-13,15H,3-5,14H2,(H,27,30)(H,28,29). The Labute approximate surface area is 179 Å². The highest BCUT2D eigenvalue weighted by atomic mass is 16.3. The third-order valence-corrected chi connectivity index (χ3v) is 6.05. The summed E-state index contributed by atoms with van der Waals surface area (Å²) in [5, 5.41) is 4.04. The normalized spacial score (nSPS) is 13.0. The van der Waals surface area contributed by atoms with Crippen LogP contribution in [-0.2, 0) is 24.1 Å². The monoisotopic (exact) mass is 407 g/mol. The molecule has 0 radical (unpaired) electrons. The van der Waals surface area contributed by atoms with Crippen LogP contribution < -0.4 is 5.32 Å². The van der Waals surface area contributed by atoms with Gasteiger partial charge in [0.1, 0.15) is 11.4 Å². The van der Waals surface area contributed by atoms with Crippen molar-refractivity contribution in [3.63, 3.8) is 0 Å². The topological polar surface area (TPSA) is 70.9 Å². The number of carbonyl (C=O) groups excluding carboxylic acids is 1. The molecule has 0 atom stereocenters. The van der Waals surface area contributed by atoms with Crippen molar-refractivity contribution in [3.8, 4) is 11.4 Å². The van der Waals surface area contributed by atoms with Gasteiger partial charge in [0.25, 0.3) is 0 Å². The molecule has 0 saturated heterocycles. The number of rotatable bonds is 4. The second kappa shape index (κ2) is 7.13. The van der Waals surface area contributed by atoms with E-state index >= 15 is 0 Å². The maximum atomic E-state index is 12.7. The van der Waals surface area contributed by atoms with Crippen LogP contribution in [0.4, 0.5) is 5.69 Å². The molecular weight excluding hydrogens is 386 g/mol. The highest BCUT2D eigenvalue weighted by Gasteiger charge is 2.17. The molecule has 152 valence electrons. The molecule has 0 aliphatic heterocycles. The van der Waals surface area contributed by atoms with Gasteiger partial charge in [-0.05, 0) is 78.9 Å². The molecule has 6 rings (SSSR count). The van der Waals surface area contributed by atoms with E-state index in [0.717, 1.165) is 57.5 Å². The lowest BCUT2D eigenvalue weighted by Crippen LogP contribution is -2.14. The van der Waals surface area contributed by atoms with Gasteiger partial charge in [-0.3, -0.25) is 4.79 Å². The number of hydrogen-bond donors (Lipinski definition) is 2. The molecule has 0 spiro atoms. The van der Waals surface area contributed by atoms with Crippen molar-refractivity contribution in [1.82, 2.24) is 9.97 Å². The van der Waals surface area contributed by atoms with E-state index in [1.807, 2.05) is 48.5 Å². The van der Waals surface area contributed by atoms with Crippen molar-refractivity contribution in [2.45, 2.75) is 25.7 Å². The molecule has 1 aliphatic rings. The van der Waals surface area contributed by atoms with Gasteiger partial charge in [-0.15, -0.1) is 0 Å². The Hall–Kier alpha value is -3.86. The number of fused-ring (bicyclic) bond motifs is 3.